The molecule has 1 aromatic rings. The van der Waals surface area contributed by atoms with Crippen molar-refractivity contribution < 1.29 is 9.90 Å². The zero-order valence-corrected chi connectivity index (χ0v) is 7.82. The minimum atomic E-state index is -0.899. The summed E-state index contributed by atoms with van der Waals surface area (Å²) in [5.74, 6) is -0.441. The maximum atomic E-state index is 10.8. The molecule has 0 aromatic carbocycles. The van der Waals surface area contributed by atoms with Gasteiger partial charge >= 0.3 is 5.97 Å². The van der Waals surface area contributed by atoms with Crippen molar-refractivity contribution in [2.24, 2.45) is 5.92 Å². The summed E-state index contributed by atoms with van der Waals surface area (Å²) in [6, 6.07) is 1.77. The van der Waals surface area contributed by atoms with Gasteiger partial charge in [-0.1, -0.05) is 13.8 Å². The van der Waals surface area contributed by atoms with Gasteiger partial charge in [-0.2, -0.15) is 0 Å². The van der Waals surface area contributed by atoms with Gasteiger partial charge in [-0.05, 0) is 24.0 Å². The van der Waals surface area contributed by atoms with Crippen molar-refractivity contribution >= 4 is 5.97 Å². The molecular weight excluding hydrogens is 166 g/mol. The van der Waals surface area contributed by atoms with Gasteiger partial charge in [0, 0.05) is 12.4 Å². The van der Waals surface area contributed by atoms with Crippen molar-refractivity contribution in [2.45, 2.75) is 20.3 Å². The number of nitrogens with zero attached hydrogens (tertiary/aromatic N) is 1. The van der Waals surface area contributed by atoms with E-state index in [1.807, 2.05) is 0 Å². The number of rotatable bonds is 3. The molecule has 0 aliphatic carbocycles. The van der Waals surface area contributed by atoms with E-state index in [9.17, 15) is 4.79 Å². The van der Waals surface area contributed by atoms with Crippen LogP contribution in [0.5, 0.6) is 0 Å². The van der Waals surface area contributed by atoms with Crippen LogP contribution in [0.25, 0.3) is 0 Å². The van der Waals surface area contributed by atoms with Gasteiger partial charge in [0.25, 0.3) is 0 Å². The van der Waals surface area contributed by atoms with Gasteiger partial charge < -0.3 is 5.11 Å². The number of carboxylic acids is 1. The Hall–Kier alpha value is -1.38. The fraction of sp³-hybridized carbons (Fsp3) is 0.400. The van der Waals surface area contributed by atoms with E-state index in [0.29, 0.717) is 11.5 Å². The molecule has 0 fully saturated rings. The van der Waals surface area contributed by atoms with Crippen molar-refractivity contribution in [3.05, 3.63) is 29.6 Å². The predicted molar refractivity (Wildman–Crippen MR) is 49.7 cm³/mol. The van der Waals surface area contributed by atoms with Crippen LogP contribution in [0.3, 0.4) is 0 Å². The molecular formula is C10H13NO2. The fourth-order valence-electron chi connectivity index (χ4n) is 1.23. The molecule has 70 valence electrons. The smallest absolute Gasteiger partial charge is 0.337 e. The molecule has 0 bridgehead atoms. The van der Waals surface area contributed by atoms with Crippen molar-refractivity contribution in [1.29, 1.82) is 0 Å². The van der Waals surface area contributed by atoms with E-state index in [1.54, 1.807) is 12.3 Å². The Morgan fingerprint density at radius 3 is 2.85 bits per heavy atom. The Morgan fingerprint density at radius 2 is 2.31 bits per heavy atom. The molecule has 0 aliphatic heterocycles. The summed E-state index contributed by atoms with van der Waals surface area (Å²) in [6.07, 6.45) is 3.81. The second kappa shape index (κ2) is 4.03. The number of hydrogen-bond donors (Lipinski definition) is 1. The first-order valence-corrected chi connectivity index (χ1v) is 4.27. The fourth-order valence-corrected chi connectivity index (χ4v) is 1.23. The van der Waals surface area contributed by atoms with Crippen LogP contribution in [0.1, 0.15) is 29.8 Å². The molecule has 1 heterocycles. The molecule has 3 heteroatoms. The zero-order chi connectivity index (χ0) is 9.84. The Labute approximate surface area is 77.4 Å². The monoisotopic (exact) mass is 179 g/mol. The molecule has 0 saturated heterocycles. The van der Waals surface area contributed by atoms with Crippen LogP contribution < -0.4 is 0 Å². The van der Waals surface area contributed by atoms with Gasteiger partial charge in [0.05, 0.1) is 5.56 Å². The molecule has 0 atom stereocenters. The minimum Gasteiger partial charge on any atom is -0.478 e. The summed E-state index contributed by atoms with van der Waals surface area (Å²) >= 11 is 0. The van der Waals surface area contributed by atoms with E-state index in [-0.39, 0.29) is 0 Å². The lowest BCUT2D eigenvalue weighted by Gasteiger charge is -2.07. The van der Waals surface area contributed by atoms with Crippen LogP contribution in [0.4, 0.5) is 0 Å². The third kappa shape index (κ3) is 2.54. The van der Waals surface area contributed by atoms with E-state index in [1.165, 1.54) is 6.20 Å². The van der Waals surface area contributed by atoms with E-state index in [4.69, 9.17) is 5.11 Å². The van der Waals surface area contributed by atoms with Gasteiger partial charge in [-0.3, -0.25) is 4.98 Å². The maximum absolute atomic E-state index is 10.8. The Morgan fingerprint density at radius 1 is 1.62 bits per heavy atom. The van der Waals surface area contributed by atoms with E-state index >= 15 is 0 Å². The largest absolute Gasteiger partial charge is 0.478 e. The van der Waals surface area contributed by atoms with Crippen LogP contribution in [0.2, 0.25) is 0 Å². The Balaban J connectivity index is 2.98. The molecule has 0 aliphatic rings. The minimum absolute atomic E-state index is 0.316. The highest BCUT2D eigenvalue weighted by atomic mass is 16.4. The quantitative estimate of drug-likeness (QED) is 0.771. The molecule has 1 N–H and O–H groups in total. The normalized spacial score (nSPS) is 10.4. The second-order valence-electron chi connectivity index (χ2n) is 3.44. The Kier molecular flexibility index (Phi) is 3.01. The molecule has 0 unspecified atom stereocenters. The summed E-state index contributed by atoms with van der Waals surface area (Å²) in [7, 11) is 0. The summed E-state index contributed by atoms with van der Waals surface area (Å²) in [4.78, 5) is 14.6. The summed E-state index contributed by atoms with van der Waals surface area (Å²) in [6.45, 7) is 4.12. The molecule has 3 nitrogen and oxygen atoms in total. The average molecular weight is 179 g/mol. The summed E-state index contributed by atoms with van der Waals surface area (Å²) < 4.78 is 0. The Bertz CT molecular complexity index is 308. The SMILES string of the molecule is CC(C)Cc1ccncc1C(=O)O. The summed E-state index contributed by atoms with van der Waals surface area (Å²) in [5, 5.41) is 8.84. The van der Waals surface area contributed by atoms with Crippen LogP contribution in [0, 0.1) is 5.92 Å². The third-order valence-corrected chi connectivity index (χ3v) is 1.77. The molecule has 0 amide bonds. The lowest BCUT2D eigenvalue weighted by atomic mass is 10.00. The number of aromatic carboxylic acids is 1. The number of aromatic nitrogens is 1. The lowest BCUT2D eigenvalue weighted by Crippen LogP contribution is -2.05. The van der Waals surface area contributed by atoms with Gasteiger partial charge in [0.15, 0.2) is 0 Å². The first-order chi connectivity index (χ1) is 6.11. The molecule has 1 rings (SSSR count). The maximum Gasteiger partial charge on any atom is 0.337 e. The van der Waals surface area contributed by atoms with Crippen molar-refractivity contribution in [3.8, 4) is 0 Å². The molecule has 13 heavy (non-hydrogen) atoms. The lowest BCUT2D eigenvalue weighted by molar-refractivity contribution is 0.0695. The second-order valence-corrected chi connectivity index (χ2v) is 3.44. The van der Waals surface area contributed by atoms with Crippen LogP contribution >= 0.6 is 0 Å². The standard InChI is InChI=1S/C10H13NO2/c1-7(2)5-8-3-4-11-6-9(8)10(12)13/h3-4,6-7H,5H2,1-2H3,(H,12,13). The highest BCUT2D eigenvalue weighted by Gasteiger charge is 2.10. The average Bonchev–Trinajstić information content (AvgIpc) is 2.03. The number of pyridine rings is 1. The third-order valence-electron chi connectivity index (χ3n) is 1.77. The van der Waals surface area contributed by atoms with Crippen LogP contribution in [-0.4, -0.2) is 16.1 Å². The number of carboxylic acid groups (broad SMARTS) is 1. The van der Waals surface area contributed by atoms with Gasteiger partial charge in [0.1, 0.15) is 0 Å². The van der Waals surface area contributed by atoms with Crippen LogP contribution in [-0.2, 0) is 6.42 Å². The molecule has 1 aromatic heterocycles. The zero-order valence-electron chi connectivity index (χ0n) is 7.82. The highest BCUT2D eigenvalue weighted by Crippen LogP contribution is 2.12. The van der Waals surface area contributed by atoms with E-state index in [2.05, 4.69) is 18.8 Å². The first kappa shape index (κ1) is 9.71. The van der Waals surface area contributed by atoms with Gasteiger partial charge in [-0.15, -0.1) is 0 Å². The number of carbonyl (C=O) groups is 1. The topological polar surface area (TPSA) is 50.2 Å². The number of hydrogen-bond acceptors (Lipinski definition) is 2. The van der Waals surface area contributed by atoms with Gasteiger partial charge in [0.2, 0.25) is 0 Å². The first-order valence-electron chi connectivity index (χ1n) is 4.27. The molecule has 0 saturated carbocycles. The summed E-state index contributed by atoms with van der Waals surface area (Å²) in [5.41, 5.74) is 1.17. The molecule has 0 spiro atoms. The van der Waals surface area contributed by atoms with E-state index in [0.717, 1.165) is 12.0 Å². The van der Waals surface area contributed by atoms with Crippen molar-refractivity contribution in [2.75, 3.05) is 0 Å². The van der Waals surface area contributed by atoms with Gasteiger partial charge in [-0.25, -0.2) is 4.79 Å². The van der Waals surface area contributed by atoms with Crippen LogP contribution in [0.15, 0.2) is 18.5 Å². The van der Waals surface area contributed by atoms with Crippen molar-refractivity contribution in [3.63, 3.8) is 0 Å². The molecule has 0 radical (unpaired) electrons. The van der Waals surface area contributed by atoms with Crippen molar-refractivity contribution in [1.82, 2.24) is 4.98 Å². The predicted octanol–water partition coefficient (Wildman–Crippen LogP) is 1.98. The highest BCUT2D eigenvalue weighted by molar-refractivity contribution is 5.88. The van der Waals surface area contributed by atoms with E-state index < -0.39 is 5.97 Å².